The van der Waals surface area contributed by atoms with Crippen molar-refractivity contribution in [1.82, 2.24) is 15.1 Å². The Morgan fingerprint density at radius 2 is 2.30 bits per heavy atom. The first kappa shape index (κ1) is 14.7. The first-order valence-corrected chi connectivity index (χ1v) is 7.01. The van der Waals surface area contributed by atoms with E-state index in [4.69, 9.17) is 16.3 Å². The molecule has 1 aromatic heterocycles. The van der Waals surface area contributed by atoms with E-state index in [0.29, 0.717) is 28.8 Å². The van der Waals surface area contributed by atoms with E-state index >= 15 is 0 Å². The number of hydrogen-bond donors (Lipinski definition) is 2. The predicted molar refractivity (Wildman–Crippen MR) is 80.5 cm³/mol. The van der Waals surface area contributed by atoms with E-state index in [0.717, 1.165) is 0 Å². The molecular formula is C13H14ClN3O2S. The van der Waals surface area contributed by atoms with Gasteiger partial charge in [0.05, 0.1) is 0 Å². The molecule has 0 atom stereocenters. The number of carbonyl (C=O) groups excluding carboxylic acids is 1. The molecule has 0 aliphatic heterocycles. The Morgan fingerprint density at radius 3 is 3.05 bits per heavy atom. The van der Waals surface area contributed by atoms with Gasteiger partial charge in [-0.15, -0.1) is 0 Å². The molecule has 1 N–H and O–H groups in total. The highest BCUT2D eigenvalue weighted by Crippen LogP contribution is 2.17. The van der Waals surface area contributed by atoms with Crippen LogP contribution in [0.2, 0.25) is 5.02 Å². The fourth-order valence-electron chi connectivity index (χ4n) is 1.51. The second-order valence-corrected chi connectivity index (χ2v) is 4.83. The largest absolute Gasteiger partial charge is 0.471 e. The molecule has 5 nitrogen and oxygen atoms in total. The van der Waals surface area contributed by atoms with Gasteiger partial charge in [-0.05, 0) is 24.3 Å². The Bertz CT molecular complexity index is 589. The summed E-state index contributed by atoms with van der Waals surface area (Å²) in [6.45, 7) is 0.716. The first-order valence-electron chi connectivity index (χ1n) is 6.00. The number of halogens is 1. The normalized spacial score (nSPS) is 10.3. The SMILES string of the molecule is O=C(NCCS)c1ccn(COc2cccc(Cl)c2)n1. The van der Waals surface area contributed by atoms with E-state index in [1.54, 1.807) is 36.5 Å². The summed E-state index contributed by atoms with van der Waals surface area (Å²) in [5, 5.41) is 7.42. The number of thiol groups is 1. The number of rotatable bonds is 6. The molecule has 0 saturated heterocycles. The number of amides is 1. The third-order valence-corrected chi connectivity index (χ3v) is 2.89. The van der Waals surface area contributed by atoms with Gasteiger partial charge < -0.3 is 10.1 Å². The summed E-state index contributed by atoms with van der Waals surface area (Å²) in [4.78, 5) is 11.7. The molecular weight excluding hydrogens is 298 g/mol. The minimum absolute atomic E-state index is 0.209. The highest BCUT2D eigenvalue weighted by molar-refractivity contribution is 7.80. The maximum atomic E-state index is 11.7. The second kappa shape index (κ2) is 7.21. The molecule has 0 bridgehead atoms. The molecule has 0 aliphatic carbocycles. The van der Waals surface area contributed by atoms with Crippen LogP contribution in [-0.4, -0.2) is 28.0 Å². The zero-order valence-electron chi connectivity index (χ0n) is 10.6. The lowest BCUT2D eigenvalue weighted by atomic mass is 10.3. The van der Waals surface area contributed by atoms with Crippen LogP contribution in [-0.2, 0) is 6.73 Å². The summed E-state index contributed by atoms with van der Waals surface area (Å²) in [5.74, 6) is 1.01. The van der Waals surface area contributed by atoms with Gasteiger partial charge in [0, 0.05) is 23.5 Å². The molecule has 1 aromatic carbocycles. The van der Waals surface area contributed by atoms with Gasteiger partial charge in [-0.25, -0.2) is 4.68 Å². The van der Waals surface area contributed by atoms with Crippen LogP contribution in [0.1, 0.15) is 10.5 Å². The molecule has 106 valence electrons. The van der Waals surface area contributed by atoms with Crippen molar-refractivity contribution in [3.63, 3.8) is 0 Å². The van der Waals surface area contributed by atoms with Gasteiger partial charge in [-0.3, -0.25) is 4.79 Å². The van der Waals surface area contributed by atoms with Gasteiger partial charge in [-0.2, -0.15) is 17.7 Å². The zero-order chi connectivity index (χ0) is 14.4. The number of ether oxygens (including phenoxy) is 1. The van der Waals surface area contributed by atoms with Crippen LogP contribution in [0, 0.1) is 0 Å². The number of nitrogens with one attached hydrogen (secondary N) is 1. The maximum Gasteiger partial charge on any atom is 0.271 e. The van der Waals surface area contributed by atoms with Crippen LogP contribution < -0.4 is 10.1 Å². The van der Waals surface area contributed by atoms with Gasteiger partial charge in [0.1, 0.15) is 11.4 Å². The molecule has 0 aliphatic rings. The third-order valence-electron chi connectivity index (χ3n) is 2.43. The summed E-state index contributed by atoms with van der Waals surface area (Å²) in [7, 11) is 0. The molecule has 2 rings (SSSR count). The van der Waals surface area contributed by atoms with Gasteiger partial charge in [-0.1, -0.05) is 17.7 Å². The summed E-state index contributed by atoms with van der Waals surface area (Å²) < 4.78 is 7.06. The summed E-state index contributed by atoms with van der Waals surface area (Å²) in [6.07, 6.45) is 1.68. The molecule has 0 saturated carbocycles. The van der Waals surface area contributed by atoms with E-state index in [-0.39, 0.29) is 12.6 Å². The molecule has 1 heterocycles. The van der Waals surface area contributed by atoms with Crippen molar-refractivity contribution >= 4 is 30.1 Å². The van der Waals surface area contributed by atoms with Crippen LogP contribution in [0.25, 0.3) is 0 Å². The van der Waals surface area contributed by atoms with Crippen molar-refractivity contribution in [3.05, 3.63) is 47.2 Å². The fraction of sp³-hybridized carbons (Fsp3) is 0.231. The van der Waals surface area contributed by atoms with Crippen molar-refractivity contribution in [2.45, 2.75) is 6.73 Å². The highest BCUT2D eigenvalue weighted by Gasteiger charge is 2.08. The van der Waals surface area contributed by atoms with Crippen molar-refractivity contribution < 1.29 is 9.53 Å². The highest BCUT2D eigenvalue weighted by atomic mass is 35.5. The molecule has 2 aromatic rings. The van der Waals surface area contributed by atoms with E-state index in [2.05, 4.69) is 23.0 Å². The van der Waals surface area contributed by atoms with Crippen LogP contribution in [0.5, 0.6) is 5.75 Å². The Hall–Kier alpha value is -1.66. The predicted octanol–water partition coefficient (Wildman–Crippen LogP) is 2.23. The smallest absolute Gasteiger partial charge is 0.271 e. The second-order valence-electron chi connectivity index (χ2n) is 3.95. The topological polar surface area (TPSA) is 56.2 Å². The maximum absolute atomic E-state index is 11.7. The lowest BCUT2D eigenvalue weighted by Gasteiger charge is -2.06. The van der Waals surface area contributed by atoms with Crippen LogP contribution in [0.15, 0.2) is 36.5 Å². The molecule has 0 radical (unpaired) electrons. The van der Waals surface area contributed by atoms with E-state index in [1.165, 1.54) is 4.68 Å². The van der Waals surface area contributed by atoms with Crippen LogP contribution >= 0.6 is 24.2 Å². The number of aromatic nitrogens is 2. The number of carbonyl (C=O) groups is 1. The monoisotopic (exact) mass is 311 g/mol. The Morgan fingerprint density at radius 1 is 1.45 bits per heavy atom. The number of hydrogen-bond acceptors (Lipinski definition) is 4. The Balaban J connectivity index is 1.91. The quantitative estimate of drug-likeness (QED) is 0.804. The van der Waals surface area contributed by atoms with E-state index < -0.39 is 0 Å². The van der Waals surface area contributed by atoms with Gasteiger partial charge in [0.15, 0.2) is 6.73 Å². The first-order chi connectivity index (χ1) is 9.69. The average Bonchev–Trinajstić information content (AvgIpc) is 2.91. The van der Waals surface area contributed by atoms with Crippen molar-refractivity contribution in [1.29, 1.82) is 0 Å². The Labute approximate surface area is 127 Å². The van der Waals surface area contributed by atoms with Gasteiger partial charge in [0.25, 0.3) is 5.91 Å². The lowest BCUT2D eigenvalue weighted by molar-refractivity contribution is 0.0949. The molecule has 0 spiro atoms. The van der Waals surface area contributed by atoms with Crippen LogP contribution in [0.3, 0.4) is 0 Å². The van der Waals surface area contributed by atoms with Crippen molar-refractivity contribution in [2.75, 3.05) is 12.3 Å². The van der Waals surface area contributed by atoms with Crippen LogP contribution in [0.4, 0.5) is 0 Å². The minimum atomic E-state index is -0.222. The van der Waals surface area contributed by atoms with Gasteiger partial charge in [0.2, 0.25) is 0 Å². The molecule has 1 amide bonds. The van der Waals surface area contributed by atoms with E-state index in [1.807, 2.05) is 0 Å². The summed E-state index contributed by atoms with van der Waals surface area (Å²) >= 11 is 9.88. The molecule has 0 fully saturated rings. The van der Waals surface area contributed by atoms with E-state index in [9.17, 15) is 4.79 Å². The fourth-order valence-corrected chi connectivity index (χ4v) is 1.80. The summed E-state index contributed by atoms with van der Waals surface area (Å²) in [5.41, 5.74) is 0.349. The van der Waals surface area contributed by atoms with Crippen molar-refractivity contribution in [2.24, 2.45) is 0 Å². The van der Waals surface area contributed by atoms with Crippen molar-refractivity contribution in [3.8, 4) is 5.75 Å². The number of benzene rings is 1. The summed E-state index contributed by atoms with van der Waals surface area (Å²) in [6, 6.07) is 8.72. The van der Waals surface area contributed by atoms with Gasteiger partial charge >= 0.3 is 0 Å². The average molecular weight is 312 g/mol. The standard InChI is InChI=1S/C13H14ClN3O2S/c14-10-2-1-3-11(8-10)19-9-17-6-4-12(16-17)13(18)15-5-7-20/h1-4,6,8,20H,5,7,9H2,(H,15,18). The molecule has 7 heteroatoms. The molecule has 20 heavy (non-hydrogen) atoms. The Kier molecular flexibility index (Phi) is 5.31. The third kappa shape index (κ3) is 4.18. The lowest BCUT2D eigenvalue weighted by Crippen LogP contribution is -2.25. The number of nitrogens with zero attached hydrogens (tertiary/aromatic N) is 2. The minimum Gasteiger partial charge on any atom is -0.471 e. The zero-order valence-corrected chi connectivity index (χ0v) is 12.3. The molecule has 0 unspecified atom stereocenters.